The van der Waals surface area contributed by atoms with E-state index in [0.29, 0.717) is 6.54 Å². The van der Waals surface area contributed by atoms with Gasteiger partial charge in [-0.25, -0.2) is 0 Å². The number of unbranched alkanes of at least 4 members (excludes halogenated alkanes) is 1. The molecule has 1 N–H and O–H groups in total. The number of hydrogen-bond donors (Lipinski definition) is 1. The monoisotopic (exact) mass is 291 g/mol. The van der Waals surface area contributed by atoms with Crippen LogP contribution in [0.5, 0.6) is 0 Å². The van der Waals surface area contributed by atoms with Crippen LogP contribution in [0.1, 0.15) is 44.8 Å². The van der Waals surface area contributed by atoms with Gasteiger partial charge in [-0.3, -0.25) is 20.2 Å². The topological polar surface area (TPSA) is 75.5 Å². The second-order valence-electron chi connectivity index (χ2n) is 5.26. The van der Waals surface area contributed by atoms with Crippen LogP contribution < -0.4 is 5.32 Å². The first kappa shape index (κ1) is 15.4. The van der Waals surface area contributed by atoms with Gasteiger partial charge in [-0.2, -0.15) is 0 Å². The van der Waals surface area contributed by atoms with Crippen LogP contribution in [0.15, 0.2) is 24.3 Å². The summed E-state index contributed by atoms with van der Waals surface area (Å²) in [5, 5.41) is 14.0. The second kappa shape index (κ2) is 6.67. The SMILES string of the molecule is CCCCN1C(=O)C(CC)NC1c1ccc([N+](=O)[O-])cc1. The summed E-state index contributed by atoms with van der Waals surface area (Å²) in [7, 11) is 0. The van der Waals surface area contributed by atoms with Crippen molar-refractivity contribution in [2.24, 2.45) is 0 Å². The highest BCUT2D eigenvalue weighted by Crippen LogP contribution is 2.28. The molecule has 0 radical (unpaired) electrons. The summed E-state index contributed by atoms with van der Waals surface area (Å²) >= 11 is 0. The lowest BCUT2D eigenvalue weighted by Gasteiger charge is -2.24. The third-order valence-electron chi connectivity index (χ3n) is 3.83. The number of amides is 1. The zero-order chi connectivity index (χ0) is 15.4. The number of nitro groups is 1. The van der Waals surface area contributed by atoms with Crippen molar-refractivity contribution in [2.75, 3.05) is 6.54 Å². The van der Waals surface area contributed by atoms with Gasteiger partial charge in [-0.1, -0.05) is 20.3 Å². The summed E-state index contributed by atoms with van der Waals surface area (Å²) in [6.45, 7) is 4.78. The molecule has 1 heterocycles. The Labute approximate surface area is 124 Å². The van der Waals surface area contributed by atoms with Crippen LogP contribution in [0.2, 0.25) is 0 Å². The molecule has 6 nitrogen and oxygen atoms in total. The highest BCUT2D eigenvalue weighted by atomic mass is 16.6. The Morgan fingerprint density at radius 1 is 1.29 bits per heavy atom. The van der Waals surface area contributed by atoms with Crippen LogP contribution in [0.4, 0.5) is 5.69 Å². The molecule has 114 valence electrons. The zero-order valence-electron chi connectivity index (χ0n) is 12.4. The van der Waals surface area contributed by atoms with Crippen molar-refractivity contribution >= 4 is 11.6 Å². The number of nitrogens with one attached hydrogen (secondary N) is 1. The molecule has 1 aromatic rings. The predicted octanol–water partition coefficient (Wildman–Crippen LogP) is 2.60. The Hall–Kier alpha value is -1.95. The number of benzene rings is 1. The molecule has 1 aliphatic rings. The molecule has 0 spiro atoms. The first-order valence-corrected chi connectivity index (χ1v) is 7.39. The highest BCUT2D eigenvalue weighted by molar-refractivity contribution is 5.84. The summed E-state index contributed by atoms with van der Waals surface area (Å²) in [5.41, 5.74) is 0.955. The lowest BCUT2D eigenvalue weighted by Crippen LogP contribution is -2.31. The van der Waals surface area contributed by atoms with E-state index in [-0.39, 0.29) is 23.8 Å². The second-order valence-corrected chi connectivity index (χ2v) is 5.26. The van der Waals surface area contributed by atoms with Gasteiger partial charge in [0.2, 0.25) is 5.91 Å². The minimum Gasteiger partial charge on any atom is -0.322 e. The molecule has 0 aliphatic carbocycles. The molecule has 21 heavy (non-hydrogen) atoms. The molecule has 0 aromatic heterocycles. The average Bonchev–Trinajstić information content (AvgIpc) is 2.81. The number of carbonyl (C=O) groups excluding carboxylic acids is 1. The van der Waals surface area contributed by atoms with Crippen LogP contribution in [-0.4, -0.2) is 28.3 Å². The van der Waals surface area contributed by atoms with Gasteiger partial charge < -0.3 is 4.90 Å². The van der Waals surface area contributed by atoms with E-state index < -0.39 is 4.92 Å². The van der Waals surface area contributed by atoms with E-state index in [9.17, 15) is 14.9 Å². The Balaban J connectivity index is 2.22. The zero-order valence-corrected chi connectivity index (χ0v) is 12.4. The maximum absolute atomic E-state index is 12.4. The van der Waals surface area contributed by atoms with Crippen molar-refractivity contribution in [1.29, 1.82) is 0 Å². The molecular weight excluding hydrogens is 270 g/mol. The van der Waals surface area contributed by atoms with Crippen LogP contribution >= 0.6 is 0 Å². The van der Waals surface area contributed by atoms with Crippen molar-refractivity contribution in [2.45, 2.75) is 45.3 Å². The minimum atomic E-state index is -0.416. The van der Waals surface area contributed by atoms with Gasteiger partial charge in [0.05, 0.1) is 11.0 Å². The number of nitrogens with zero attached hydrogens (tertiary/aromatic N) is 2. The minimum absolute atomic E-state index is 0.0650. The van der Waals surface area contributed by atoms with E-state index in [1.54, 1.807) is 12.1 Å². The molecule has 2 atom stereocenters. The van der Waals surface area contributed by atoms with Crippen molar-refractivity contribution in [3.63, 3.8) is 0 Å². The fraction of sp³-hybridized carbons (Fsp3) is 0.533. The highest BCUT2D eigenvalue weighted by Gasteiger charge is 2.38. The van der Waals surface area contributed by atoms with E-state index in [1.165, 1.54) is 12.1 Å². The fourth-order valence-electron chi connectivity index (χ4n) is 2.59. The smallest absolute Gasteiger partial charge is 0.269 e. The Bertz CT molecular complexity index is 515. The molecule has 1 aliphatic heterocycles. The molecular formula is C15H21N3O3. The number of rotatable bonds is 6. The summed E-state index contributed by atoms with van der Waals surface area (Å²) < 4.78 is 0. The van der Waals surface area contributed by atoms with E-state index in [1.807, 2.05) is 11.8 Å². The summed E-state index contributed by atoms with van der Waals surface area (Å²) in [4.78, 5) is 24.5. The van der Waals surface area contributed by atoms with Gasteiger partial charge in [0.15, 0.2) is 0 Å². The first-order valence-electron chi connectivity index (χ1n) is 7.39. The van der Waals surface area contributed by atoms with Gasteiger partial charge in [-0.15, -0.1) is 0 Å². The number of hydrogen-bond acceptors (Lipinski definition) is 4. The third-order valence-corrected chi connectivity index (χ3v) is 3.83. The van der Waals surface area contributed by atoms with E-state index in [4.69, 9.17) is 0 Å². The third kappa shape index (κ3) is 3.21. The average molecular weight is 291 g/mol. The number of carbonyl (C=O) groups is 1. The summed E-state index contributed by atoms with van der Waals surface area (Å²) in [5.74, 6) is 0.120. The first-order chi connectivity index (χ1) is 10.1. The Morgan fingerprint density at radius 2 is 1.95 bits per heavy atom. The molecule has 0 saturated carbocycles. The van der Waals surface area contributed by atoms with Gasteiger partial charge in [-0.05, 0) is 30.5 Å². The normalized spacial score (nSPS) is 21.8. The Morgan fingerprint density at radius 3 is 2.48 bits per heavy atom. The maximum atomic E-state index is 12.4. The van der Waals surface area contributed by atoms with Crippen LogP contribution in [0, 0.1) is 10.1 Å². The van der Waals surface area contributed by atoms with Crippen molar-refractivity contribution in [1.82, 2.24) is 10.2 Å². The van der Waals surface area contributed by atoms with E-state index in [2.05, 4.69) is 12.2 Å². The molecule has 1 aromatic carbocycles. The number of nitro benzene ring substituents is 1. The maximum Gasteiger partial charge on any atom is 0.269 e. The van der Waals surface area contributed by atoms with Gasteiger partial charge in [0, 0.05) is 18.7 Å². The van der Waals surface area contributed by atoms with E-state index >= 15 is 0 Å². The van der Waals surface area contributed by atoms with Gasteiger partial charge in [0.25, 0.3) is 5.69 Å². The van der Waals surface area contributed by atoms with Crippen molar-refractivity contribution in [3.8, 4) is 0 Å². The quantitative estimate of drug-likeness (QED) is 0.645. The van der Waals surface area contributed by atoms with Crippen molar-refractivity contribution in [3.05, 3.63) is 39.9 Å². The molecule has 0 bridgehead atoms. The van der Waals surface area contributed by atoms with Gasteiger partial charge >= 0.3 is 0 Å². The van der Waals surface area contributed by atoms with Gasteiger partial charge in [0.1, 0.15) is 6.17 Å². The van der Waals surface area contributed by atoms with Crippen LogP contribution in [-0.2, 0) is 4.79 Å². The molecule has 6 heteroatoms. The molecule has 2 rings (SSSR count). The molecule has 2 unspecified atom stereocenters. The lowest BCUT2D eigenvalue weighted by atomic mass is 10.1. The van der Waals surface area contributed by atoms with Crippen LogP contribution in [0.25, 0.3) is 0 Å². The standard InChI is InChI=1S/C15H21N3O3/c1-3-5-10-17-14(16-13(4-2)15(17)19)11-6-8-12(9-7-11)18(20)21/h6-9,13-14,16H,3-5,10H2,1-2H3. The summed E-state index contributed by atoms with van der Waals surface area (Å²) in [6, 6.07) is 6.25. The molecule has 1 amide bonds. The van der Waals surface area contributed by atoms with E-state index in [0.717, 1.165) is 24.8 Å². The largest absolute Gasteiger partial charge is 0.322 e. The molecule has 1 fully saturated rings. The van der Waals surface area contributed by atoms with Crippen molar-refractivity contribution < 1.29 is 9.72 Å². The lowest BCUT2D eigenvalue weighted by molar-refractivity contribution is -0.384. The Kier molecular flexibility index (Phi) is 4.90. The molecule has 1 saturated heterocycles. The fourth-order valence-corrected chi connectivity index (χ4v) is 2.59. The van der Waals surface area contributed by atoms with Crippen LogP contribution in [0.3, 0.4) is 0 Å². The predicted molar refractivity (Wildman–Crippen MR) is 79.7 cm³/mol. The summed E-state index contributed by atoms with van der Waals surface area (Å²) in [6.07, 6.45) is 2.53. The number of non-ortho nitro benzene ring substituents is 1.